The maximum atomic E-state index is 13.6. The third kappa shape index (κ3) is 7.00. The van der Waals surface area contributed by atoms with Crippen LogP contribution in [0.15, 0.2) is 52.2 Å². The molecule has 1 fully saturated rings. The van der Waals surface area contributed by atoms with Crippen LogP contribution in [0.1, 0.15) is 43.9 Å². The van der Waals surface area contributed by atoms with Crippen LogP contribution < -0.4 is 21.3 Å². The topological polar surface area (TPSA) is 123 Å². The maximum absolute atomic E-state index is 13.6. The zero-order valence-electron chi connectivity index (χ0n) is 26.1. The Hall–Kier alpha value is -4.09. The standard InChI is InChI=1S/C33H37Cl2N5O6/c1-20(17-36-21(2)41)40-32(44)27(26-5-4-6-28(34)31(26)35)18-38(33(40)45)19-30(43)37-12-10-24(11-13-37)39-14-9-23-15-25(46-3)8-7-22(23)16-29(39)42/h4-8,15,18,20,24H,9-14,16-17,19H2,1-3H3,(H,36,41)/t20-/m0/s1. The Balaban J connectivity index is 1.33. The van der Waals surface area contributed by atoms with Crippen LogP contribution in [0.25, 0.3) is 11.1 Å². The van der Waals surface area contributed by atoms with E-state index in [0.29, 0.717) is 44.5 Å². The summed E-state index contributed by atoms with van der Waals surface area (Å²) in [6, 6.07) is 9.96. The van der Waals surface area contributed by atoms with Gasteiger partial charge in [-0.15, -0.1) is 0 Å². The van der Waals surface area contributed by atoms with E-state index in [0.717, 1.165) is 27.9 Å². The minimum atomic E-state index is -0.711. The first-order chi connectivity index (χ1) is 22.0. The highest BCUT2D eigenvalue weighted by Gasteiger charge is 2.32. The summed E-state index contributed by atoms with van der Waals surface area (Å²) in [7, 11) is 1.63. The van der Waals surface area contributed by atoms with Crippen molar-refractivity contribution in [1.29, 1.82) is 0 Å². The predicted octanol–water partition coefficient (Wildman–Crippen LogP) is 3.31. The van der Waals surface area contributed by atoms with E-state index >= 15 is 0 Å². The Bertz CT molecular complexity index is 1780. The summed E-state index contributed by atoms with van der Waals surface area (Å²) in [5.74, 6) is 0.249. The van der Waals surface area contributed by atoms with Crippen LogP contribution in [0.4, 0.5) is 0 Å². The molecule has 0 bridgehead atoms. The van der Waals surface area contributed by atoms with Gasteiger partial charge in [-0.05, 0) is 55.5 Å². The molecule has 0 aliphatic carbocycles. The fourth-order valence-electron chi connectivity index (χ4n) is 6.23. The van der Waals surface area contributed by atoms with Gasteiger partial charge >= 0.3 is 5.69 Å². The van der Waals surface area contributed by atoms with Gasteiger partial charge < -0.3 is 19.9 Å². The normalized spacial score (nSPS) is 16.1. The summed E-state index contributed by atoms with van der Waals surface area (Å²) in [6.45, 7) is 4.16. The van der Waals surface area contributed by atoms with E-state index in [-0.39, 0.29) is 52.5 Å². The van der Waals surface area contributed by atoms with Crippen molar-refractivity contribution in [2.24, 2.45) is 0 Å². The summed E-state index contributed by atoms with van der Waals surface area (Å²) < 4.78 is 7.59. The molecule has 2 aromatic carbocycles. The molecule has 244 valence electrons. The SMILES string of the molecule is COc1ccc2c(c1)CCN(C1CCN(C(=O)Cn3cc(-c4cccc(Cl)c4Cl)c(=O)n([C@@H](C)CNC(C)=O)c3=O)CC1)C(=O)C2. The maximum Gasteiger partial charge on any atom is 0.331 e. The van der Waals surface area contributed by atoms with Gasteiger partial charge in [0.15, 0.2) is 0 Å². The molecule has 1 aromatic heterocycles. The van der Waals surface area contributed by atoms with Gasteiger partial charge in [0.2, 0.25) is 17.7 Å². The molecular weight excluding hydrogens is 633 g/mol. The number of fused-ring (bicyclic) bond motifs is 1. The molecule has 1 N–H and O–H groups in total. The number of rotatable bonds is 8. The molecule has 0 unspecified atom stereocenters. The zero-order chi connectivity index (χ0) is 33.1. The second-order valence-electron chi connectivity index (χ2n) is 11.8. The molecule has 0 spiro atoms. The second-order valence-corrected chi connectivity index (χ2v) is 12.6. The van der Waals surface area contributed by atoms with Crippen LogP contribution in [0.5, 0.6) is 5.75 Å². The molecule has 1 atom stereocenters. The largest absolute Gasteiger partial charge is 0.497 e. The zero-order valence-corrected chi connectivity index (χ0v) is 27.6. The average Bonchev–Trinajstić information content (AvgIpc) is 3.20. The van der Waals surface area contributed by atoms with Crippen LogP contribution >= 0.6 is 23.2 Å². The van der Waals surface area contributed by atoms with Crippen molar-refractivity contribution in [2.45, 2.75) is 58.2 Å². The number of amides is 3. The molecule has 2 aliphatic rings. The highest BCUT2D eigenvalue weighted by Crippen LogP contribution is 2.32. The van der Waals surface area contributed by atoms with Gasteiger partial charge in [0.1, 0.15) is 12.3 Å². The molecule has 2 aliphatic heterocycles. The van der Waals surface area contributed by atoms with Crippen molar-refractivity contribution in [3.8, 4) is 16.9 Å². The number of hydrogen-bond acceptors (Lipinski definition) is 6. The van der Waals surface area contributed by atoms with Crippen LogP contribution in [0, 0.1) is 0 Å². The summed E-state index contributed by atoms with van der Waals surface area (Å²) in [4.78, 5) is 69.2. The minimum absolute atomic E-state index is 0.00332. The molecule has 0 saturated carbocycles. The Morgan fingerprint density at radius 1 is 1.02 bits per heavy atom. The van der Waals surface area contributed by atoms with E-state index in [9.17, 15) is 24.0 Å². The number of aromatic nitrogens is 2. The van der Waals surface area contributed by atoms with Crippen LogP contribution in [-0.4, -0.2) is 76.0 Å². The fraction of sp³-hybridized carbons (Fsp3) is 0.424. The number of nitrogens with zero attached hydrogens (tertiary/aromatic N) is 4. The minimum Gasteiger partial charge on any atom is -0.497 e. The number of nitrogens with one attached hydrogen (secondary N) is 1. The first-order valence-electron chi connectivity index (χ1n) is 15.3. The van der Waals surface area contributed by atoms with E-state index in [1.54, 1.807) is 37.1 Å². The molecule has 46 heavy (non-hydrogen) atoms. The fourth-order valence-corrected chi connectivity index (χ4v) is 6.63. The van der Waals surface area contributed by atoms with Crippen LogP contribution in [0.3, 0.4) is 0 Å². The quantitative estimate of drug-likeness (QED) is 0.393. The number of halogens is 2. The van der Waals surface area contributed by atoms with Gasteiger partial charge in [-0.1, -0.05) is 41.4 Å². The van der Waals surface area contributed by atoms with Gasteiger partial charge in [0, 0.05) is 50.9 Å². The highest BCUT2D eigenvalue weighted by atomic mass is 35.5. The van der Waals surface area contributed by atoms with E-state index in [4.69, 9.17) is 27.9 Å². The number of benzene rings is 2. The van der Waals surface area contributed by atoms with Gasteiger partial charge in [-0.3, -0.25) is 28.3 Å². The number of methoxy groups -OCH3 is 1. The van der Waals surface area contributed by atoms with Crippen LogP contribution in [-0.2, 0) is 33.8 Å². The molecule has 0 radical (unpaired) electrons. The van der Waals surface area contributed by atoms with Crippen LogP contribution in [0.2, 0.25) is 10.0 Å². The summed E-state index contributed by atoms with van der Waals surface area (Å²) in [6.07, 6.45) is 3.63. The van der Waals surface area contributed by atoms with Crippen molar-refractivity contribution in [1.82, 2.24) is 24.3 Å². The van der Waals surface area contributed by atoms with E-state index in [1.807, 2.05) is 23.1 Å². The Kier molecular flexibility index (Phi) is 10.2. The van der Waals surface area contributed by atoms with Gasteiger partial charge in [-0.25, -0.2) is 4.79 Å². The van der Waals surface area contributed by atoms with Gasteiger partial charge in [-0.2, -0.15) is 0 Å². The van der Waals surface area contributed by atoms with Crippen molar-refractivity contribution < 1.29 is 19.1 Å². The Morgan fingerprint density at radius 2 is 1.76 bits per heavy atom. The molecule has 11 nitrogen and oxygen atoms in total. The Morgan fingerprint density at radius 3 is 2.46 bits per heavy atom. The lowest BCUT2D eigenvalue weighted by Gasteiger charge is -2.38. The first kappa shape index (κ1) is 33.3. The number of piperidine rings is 1. The monoisotopic (exact) mass is 669 g/mol. The molecular formula is C33H37Cl2N5O6. The Labute approximate surface area is 276 Å². The number of ether oxygens (including phenoxy) is 1. The summed E-state index contributed by atoms with van der Waals surface area (Å²) in [5, 5.41) is 3.02. The van der Waals surface area contributed by atoms with Crippen molar-refractivity contribution in [2.75, 3.05) is 33.3 Å². The summed E-state index contributed by atoms with van der Waals surface area (Å²) >= 11 is 12.7. The van der Waals surface area contributed by atoms with E-state index < -0.39 is 17.3 Å². The van der Waals surface area contributed by atoms with E-state index in [1.165, 1.54) is 17.7 Å². The number of likely N-dealkylation sites (tertiary alicyclic amines) is 1. The molecule has 5 rings (SSSR count). The lowest BCUT2D eigenvalue weighted by molar-refractivity contribution is -0.136. The molecule has 13 heteroatoms. The lowest BCUT2D eigenvalue weighted by Crippen LogP contribution is -2.51. The highest BCUT2D eigenvalue weighted by molar-refractivity contribution is 6.43. The molecule has 1 saturated heterocycles. The van der Waals surface area contributed by atoms with Crippen molar-refractivity contribution in [3.63, 3.8) is 0 Å². The number of hydrogen-bond donors (Lipinski definition) is 1. The molecule has 3 heterocycles. The average molecular weight is 671 g/mol. The molecule has 3 amide bonds. The first-order valence-corrected chi connectivity index (χ1v) is 16.0. The second kappa shape index (κ2) is 14.1. The predicted molar refractivity (Wildman–Crippen MR) is 176 cm³/mol. The third-order valence-corrected chi connectivity index (χ3v) is 9.59. The van der Waals surface area contributed by atoms with Gasteiger partial charge in [0.05, 0.1) is 35.2 Å². The smallest absolute Gasteiger partial charge is 0.331 e. The lowest BCUT2D eigenvalue weighted by atomic mass is 10.0. The van der Waals surface area contributed by atoms with Gasteiger partial charge in [0.25, 0.3) is 5.56 Å². The van der Waals surface area contributed by atoms with Crippen molar-refractivity contribution in [3.05, 3.63) is 84.6 Å². The number of carbonyl (C=O) groups excluding carboxylic acids is 3. The number of carbonyl (C=O) groups is 3. The third-order valence-electron chi connectivity index (χ3n) is 8.78. The summed E-state index contributed by atoms with van der Waals surface area (Å²) in [5.41, 5.74) is 1.26. The molecule has 3 aromatic rings. The van der Waals surface area contributed by atoms with E-state index in [2.05, 4.69) is 5.32 Å². The van der Waals surface area contributed by atoms with Crippen molar-refractivity contribution >= 4 is 40.9 Å².